The summed E-state index contributed by atoms with van der Waals surface area (Å²) in [5.41, 5.74) is 1.44. The third kappa shape index (κ3) is 3.66. The zero-order valence-electron chi connectivity index (χ0n) is 14.1. The molecule has 136 valence electrons. The van der Waals surface area contributed by atoms with Gasteiger partial charge in [-0.2, -0.15) is 0 Å². The first-order valence-corrected chi connectivity index (χ1v) is 9.04. The highest BCUT2D eigenvalue weighted by molar-refractivity contribution is 6.33. The highest BCUT2D eigenvalue weighted by atomic mass is 35.5. The van der Waals surface area contributed by atoms with Gasteiger partial charge in [-0.3, -0.25) is 4.79 Å². The van der Waals surface area contributed by atoms with Crippen molar-refractivity contribution in [1.29, 1.82) is 0 Å². The molecule has 0 radical (unpaired) electrons. The maximum atomic E-state index is 13.3. The van der Waals surface area contributed by atoms with Crippen molar-refractivity contribution in [3.05, 3.63) is 58.5 Å². The number of nitrogens with zero attached hydrogens (tertiary/aromatic N) is 2. The summed E-state index contributed by atoms with van der Waals surface area (Å²) in [7, 11) is 0. The van der Waals surface area contributed by atoms with Crippen LogP contribution in [0.25, 0.3) is 0 Å². The predicted molar refractivity (Wildman–Crippen MR) is 97.1 cm³/mol. The highest BCUT2D eigenvalue weighted by Gasteiger charge is 2.39. The van der Waals surface area contributed by atoms with Gasteiger partial charge in [0.25, 0.3) is 5.91 Å². The summed E-state index contributed by atoms with van der Waals surface area (Å²) in [5, 5.41) is 3.70. The van der Waals surface area contributed by atoms with E-state index in [1.165, 1.54) is 6.07 Å². The molecule has 1 saturated heterocycles. The van der Waals surface area contributed by atoms with Gasteiger partial charge in [-0.05, 0) is 30.2 Å². The molecular weight excluding hydrogens is 357 g/mol. The van der Waals surface area contributed by atoms with Crippen LogP contribution in [-0.4, -0.2) is 48.1 Å². The Morgan fingerprint density at radius 2 is 2.12 bits per heavy atom. The van der Waals surface area contributed by atoms with Crippen LogP contribution in [0.2, 0.25) is 5.02 Å². The van der Waals surface area contributed by atoms with Gasteiger partial charge in [0.1, 0.15) is 11.6 Å². The fourth-order valence-corrected chi connectivity index (χ4v) is 3.47. The summed E-state index contributed by atoms with van der Waals surface area (Å²) < 4.78 is 18.6. The van der Waals surface area contributed by atoms with Crippen LogP contribution in [0.5, 0.6) is 0 Å². The molecule has 2 fully saturated rings. The number of morpholine rings is 1. The molecule has 1 aromatic carbocycles. The molecule has 0 spiro atoms. The second kappa shape index (κ2) is 7.21. The van der Waals surface area contributed by atoms with Crippen molar-refractivity contribution in [2.45, 2.75) is 18.4 Å². The molecule has 7 heteroatoms. The number of halogens is 2. The zero-order valence-corrected chi connectivity index (χ0v) is 14.9. The standard InChI is InChI=1S/C19H19ClFN3O2/c20-16-9-13(19(25)24-4-6-26-7-5-24)11-22-18(16)23-17-10-15(17)12-2-1-3-14(21)8-12/h1-3,8-9,11,15,17H,4-7,10H2,(H,22,23)/t15-,17+/m0/s1. The quantitative estimate of drug-likeness (QED) is 0.890. The third-order valence-electron chi connectivity index (χ3n) is 4.78. The summed E-state index contributed by atoms with van der Waals surface area (Å²) in [4.78, 5) is 18.5. The lowest BCUT2D eigenvalue weighted by atomic mass is 10.1. The van der Waals surface area contributed by atoms with Crippen LogP contribution in [-0.2, 0) is 4.74 Å². The van der Waals surface area contributed by atoms with E-state index in [-0.39, 0.29) is 23.7 Å². The first-order valence-electron chi connectivity index (χ1n) is 8.66. The van der Waals surface area contributed by atoms with Gasteiger partial charge in [-0.25, -0.2) is 9.37 Å². The van der Waals surface area contributed by atoms with Crippen LogP contribution in [0.15, 0.2) is 36.5 Å². The van der Waals surface area contributed by atoms with Gasteiger partial charge in [0, 0.05) is 31.2 Å². The lowest BCUT2D eigenvalue weighted by Crippen LogP contribution is -2.40. The van der Waals surface area contributed by atoms with E-state index in [9.17, 15) is 9.18 Å². The van der Waals surface area contributed by atoms with E-state index >= 15 is 0 Å². The molecule has 2 aromatic rings. The number of carbonyl (C=O) groups is 1. The molecule has 1 N–H and O–H groups in total. The van der Waals surface area contributed by atoms with E-state index in [2.05, 4.69) is 10.3 Å². The minimum atomic E-state index is -0.227. The Hall–Kier alpha value is -2.18. The lowest BCUT2D eigenvalue weighted by molar-refractivity contribution is 0.0302. The molecule has 2 heterocycles. The van der Waals surface area contributed by atoms with E-state index in [0.29, 0.717) is 42.7 Å². The molecule has 5 nitrogen and oxygen atoms in total. The smallest absolute Gasteiger partial charge is 0.255 e. The minimum Gasteiger partial charge on any atom is -0.378 e. The molecule has 1 aromatic heterocycles. The van der Waals surface area contributed by atoms with Gasteiger partial charge in [0.05, 0.1) is 23.8 Å². The second-order valence-electron chi connectivity index (χ2n) is 6.61. The maximum Gasteiger partial charge on any atom is 0.255 e. The summed E-state index contributed by atoms with van der Waals surface area (Å²) >= 11 is 6.32. The number of ether oxygens (including phenoxy) is 1. The van der Waals surface area contributed by atoms with Crippen molar-refractivity contribution in [3.8, 4) is 0 Å². The number of carbonyl (C=O) groups excluding carboxylic acids is 1. The molecule has 0 unspecified atom stereocenters. The molecule has 1 aliphatic heterocycles. The number of nitrogens with one attached hydrogen (secondary N) is 1. The van der Waals surface area contributed by atoms with Gasteiger partial charge in [0.2, 0.25) is 0 Å². The lowest BCUT2D eigenvalue weighted by Gasteiger charge is -2.26. The molecule has 1 amide bonds. The maximum absolute atomic E-state index is 13.3. The molecule has 2 aliphatic rings. The predicted octanol–water partition coefficient (Wildman–Crippen LogP) is 3.31. The topological polar surface area (TPSA) is 54.5 Å². The zero-order chi connectivity index (χ0) is 18.1. The van der Waals surface area contributed by atoms with E-state index in [1.807, 2.05) is 6.07 Å². The number of amides is 1. The monoisotopic (exact) mass is 375 g/mol. The Morgan fingerprint density at radius 3 is 2.85 bits per heavy atom. The molecule has 1 aliphatic carbocycles. The fourth-order valence-electron chi connectivity index (χ4n) is 3.25. The summed E-state index contributed by atoms with van der Waals surface area (Å²) in [6.45, 7) is 2.26. The first-order chi connectivity index (χ1) is 12.6. The number of hydrogen-bond acceptors (Lipinski definition) is 4. The average Bonchev–Trinajstić information content (AvgIpc) is 3.43. The van der Waals surface area contributed by atoms with E-state index in [4.69, 9.17) is 16.3 Å². The van der Waals surface area contributed by atoms with Crippen molar-refractivity contribution >= 4 is 23.3 Å². The number of aromatic nitrogens is 1. The highest BCUT2D eigenvalue weighted by Crippen LogP contribution is 2.43. The van der Waals surface area contributed by atoms with Gasteiger partial charge in [0.15, 0.2) is 0 Å². The summed E-state index contributed by atoms with van der Waals surface area (Å²) in [6.07, 6.45) is 2.45. The van der Waals surface area contributed by atoms with Gasteiger partial charge in [-0.15, -0.1) is 0 Å². The van der Waals surface area contributed by atoms with Crippen molar-refractivity contribution < 1.29 is 13.9 Å². The largest absolute Gasteiger partial charge is 0.378 e. The van der Waals surface area contributed by atoms with Crippen molar-refractivity contribution in [1.82, 2.24) is 9.88 Å². The molecule has 2 atom stereocenters. The Morgan fingerprint density at radius 1 is 1.31 bits per heavy atom. The minimum absolute atomic E-state index is 0.0849. The number of anilines is 1. The second-order valence-corrected chi connectivity index (χ2v) is 7.01. The van der Waals surface area contributed by atoms with Crippen molar-refractivity contribution in [2.75, 3.05) is 31.6 Å². The van der Waals surface area contributed by atoms with E-state index < -0.39 is 0 Å². The van der Waals surface area contributed by atoms with Gasteiger partial charge >= 0.3 is 0 Å². The van der Waals surface area contributed by atoms with Crippen LogP contribution in [0.1, 0.15) is 28.3 Å². The number of rotatable bonds is 4. The number of hydrogen-bond donors (Lipinski definition) is 1. The molecule has 4 rings (SSSR count). The Kier molecular flexibility index (Phi) is 4.78. The van der Waals surface area contributed by atoms with Gasteiger partial charge < -0.3 is 15.0 Å². The molecule has 0 bridgehead atoms. The SMILES string of the molecule is O=C(c1cnc(N[C@@H]2C[C@H]2c2cccc(F)c2)c(Cl)c1)N1CCOCC1. The molecule has 1 saturated carbocycles. The van der Waals surface area contributed by atoms with Crippen molar-refractivity contribution in [2.24, 2.45) is 0 Å². The Labute approximate surface area is 156 Å². The third-order valence-corrected chi connectivity index (χ3v) is 5.06. The van der Waals surface area contributed by atoms with Gasteiger partial charge in [-0.1, -0.05) is 23.7 Å². The normalized spacial score (nSPS) is 22.2. The number of pyridine rings is 1. The van der Waals surface area contributed by atoms with Crippen LogP contribution in [0.4, 0.5) is 10.2 Å². The Balaban J connectivity index is 1.41. The first kappa shape index (κ1) is 17.2. The fraction of sp³-hybridized carbons (Fsp3) is 0.368. The average molecular weight is 376 g/mol. The number of benzene rings is 1. The van der Waals surface area contributed by atoms with Crippen LogP contribution in [0.3, 0.4) is 0 Å². The van der Waals surface area contributed by atoms with E-state index in [0.717, 1.165) is 12.0 Å². The molecular formula is C19H19ClFN3O2. The molecule has 26 heavy (non-hydrogen) atoms. The van der Waals surface area contributed by atoms with Crippen LogP contribution >= 0.6 is 11.6 Å². The van der Waals surface area contributed by atoms with E-state index in [1.54, 1.807) is 29.3 Å². The van der Waals surface area contributed by atoms with Crippen LogP contribution < -0.4 is 5.32 Å². The summed E-state index contributed by atoms with van der Waals surface area (Å²) in [5.74, 6) is 0.487. The van der Waals surface area contributed by atoms with Crippen LogP contribution in [0, 0.1) is 5.82 Å². The Bertz CT molecular complexity index is 826. The summed E-state index contributed by atoms with van der Waals surface area (Å²) in [6, 6.07) is 8.46. The van der Waals surface area contributed by atoms with Crippen molar-refractivity contribution in [3.63, 3.8) is 0 Å².